The van der Waals surface area contributed by atoms with Gasteiger partial charge in [0.2, 0.25) is 0 Å². The lowest BCUT2D eigenvalue weighted by Crippen LogP contribution is -2.42. The zero-order chi connectivity index (χ0) is 11.3. The Labute approximate surface area is 88.0 Å². The van der Waals surface area contributed by atoms with Gasteiger partial charge < -0.3 is 4.74 Å². The summed E-state index contributed by atoms with van der Waals surface area (Å²) in [5.41, 5.74) is -1.64. The summed E-state index contributed by atoms with van der Waals surface area (Å²) in [5, 5.41) is 0. The van der Waals surface area contributed by atoms with Crippen LogP contribution in [-0.4, -0.2) is 24.6 Å². The van der Waals surface area contributed by atoms with E-state index in [0.717, 1.165) is 0 Å². The van der Waals surface area contributed by atoms with E-state index >= 15 is 0 Å². The maximum Gasteiger partial charge on any atom is 0.319 e. The molecule has 0 spiro atoms. The molecule has 0 aromatic heterocycles. The summed E-state index contributed by atoms with van der Waals surface area (Å²) in [5.74, 6) is -0.638. The van der Waals surface area contributed by atoms with Crippen molar-refractivity contribution in [2.45, 2.75) is 32.6 Å². The lowest BCUT2D eigenvalue weighted by molar-refractivity contribution is -0.160. The van der Waals surface area contributed by atoms with Gasteiger partial charge in [0, 0.05) is 18.3 Å². The largest absolute Gasteiger partial charge is 0.468 e. The highest BCUT2D eigenvalue weighted by molar-refractivity contribution is 6.12. The third-order valence-electron chi connectivity index (χ3n) is 3.84. The number of hydrogen-bond donors (Lipinski definition) is 0. The number of fused-ring (bicyclic) bond motifs is 2. The van der Waals surface area contributed by atoms with Crippen LogP contribution in [0.25, 0.3) is 0 Å². The molecule has 0 saturated heterocycles. The van der Waals surface area contributed by atoms with Crippen molar-refractivity contribution in [2.75, 3.05) is 7.11 Å². The Morgan fingerprint density at radius 2 is 2.00 bits per heavy atom. The number of ether oxygens (including phenoxy) is 1. The van der Waals surface area contributed by atoms with Gasteiger partial charge in [-0.2, -0.15) is 0 Å². The molecule has 0 aromatic carbocycles. The zero-order valence-corrected chi connectivity index (χ0v) is 8.96. The highest BCUT2D eigenvalue weighted by atomic mass is 16.5. The Hall–Kier alpha value is -1.19. The monoisotopic (exact) mass is 210 g/mol. The number of esters is 1. The standard InChI is InChI=1S/C11H14O4/c1-10-4-3-7(12)11(6-10,5-8(10)13)9(14)15-2/h3-6H2,1-2H3. The average Bonchev–Trinajstić information content (AvgIpc) is 2.44. The number of ketones is 2. The van der Waals surface area contributed by atoms with Crippen molar-refractivity contribution in [3.8, 4) is 0 Å². The molecule has 2 aliphatic carbocycles. The molecule has 0 N–H and O–H groups in total. The first-order valence-corrected chi connectivity index (χ1v) is 5.10. The first kappa shape index (κ1) is 10.3. The fourth-order valence-electron chi connectivity index (χ4n) is 2.82. The van der Waals surface area contributed by atoms with Gasteiger partial charge in [0.25, 0.3) is 0 Å². The van der Waals surface area contributed by atoms with Crippen molar-refractivity contribution in [3.63, 3.8) is 0 Å². The maximum absolute atomic E-state index is 11.8. The van der Waals surface area contributed by atoms with Crippen LogP contribution in [0.3, 0.4) is 0 Å². The second-order valence-electron chi connectivity index (χ2n) is 4.83. The second kappa shape index (κ2) is 2.90. The normalized spacial score (nSPS) is 39.3. The van der Waals surface area contributed by atoms with Gasteiger partial charge in [-0.3, -0.25) is 14.4 Å². The molecule has 2 bridgehead atoms. The van der Waals surface area contributed by atoms with Crippen molar-refractivity contribution < 1.29 is 19.1 Å². The minimum atomic E-state index is -1.15. The summed E-state index contributed by atoms with van der Waals surface area (Å²) >= 11 is 0. The predicted molar refractivity (Wildman–Crippen MR) is 51.0 cm³/mol. The molecular weight excluding hydrogens is 196 g/mol. The molecule has 4 nitrogen and oxygen atoms in total. The highest BCUT2D eigenvalue weighted by Crippen LogP contribution is 2.54. The molecule has 0 aromatic rings. The lowest BCUT2D eigenvalue weighted by Gasteiger charge is -2.32. The Morgan fingerprint density at radius 1 is 1.33 bits per heavy atom. The Bertz CT molecular complexity index is 350. The van der Waals surface area contributed by atoms with E-state index in [4.69, 9.17) is 0 Å². The van der Waals surface area contributed by atoms with E-state index in [9.17, 15) is 14.4 Å². The Kier molecular flexibility index (Phi) is 2.00. The minimum Gasteiger partial charge on any atom is -0.468 e. The topological polar surface area (TPSA) is 60.4 Å². The van der Waals surface area contributed by atoms with E-state index in [0.29, 0.717) is 19.3 Å². The van der Waals surface area contributed by atoms with Crippen LogP contribution in [0, 0.1) is 10.8 Å². The molecule has 2 rings (SSSR count). The van der Waals surface area contributed by atoms with E-state index in [2.05, 4.69) is 4.74 Å². The quantitative estimate of drug-likeness (QED) is 0.476. The van der Waals surface area contributed by atoms with Gasteiger partial charge in [0.15, 0.2) is 5.78 Å². The smallest absolute Gasteiger partial charge is 0.319 e. The van der Waals surface area contributed by atoms with Gasteiger partial charge in [-0.25, -0.2) is 0 Å². The number of methoxy groups -OCH3 is 1. The van der Waals surface area contributed by atoms with Crippen LogP contribution < -0.4 is 0 Å². The Morgan fingerprint density at radius 3 is 2.60 bits per heavy atom. The van der Waals surface area contributed by atoms with Gasteiger partial charge >= 0.3 is 5.97 Å². The van der Waals surface area contributed by atoms with E-state index < -0.39 is 16.8 Å². The molecule has 2 unspecified atom stereocenters. The van der Waals surface area contributed by atoms with Crippen LogP contribution in [-0.2, 0) is 19.1 Å². The minimum absolute atomic E-state index is 0.0266. The Balaban J connectivity index is 2.44. The molecule has 82 valence electrons. The first-order chi connectivity index (χ1) is 6.94. The maximum atomic E-state index is 11.8. The summed E-state index contributed by atoms with van der Waals surface area (Å²) in [7, 11) is 1.26. The van der Waals surface area contributed by atoms with Gasteiger partial charge in [0.1, 0.15) is 11.2 Å². The molecule has 4 heteroatoms. The van der Waals surface area contributed by atoms with Crippen LogP contribution in [0.15, 0.2) is 0 Å². The second-order valence-corrected chi connectivity index (χ2v) is 4.83. The van der Waals surface area contributed by atoms with Gasteiger partial charge in [-0.15, -0.1) is 0 Å². The van der Waals surface area contributed by atoms with E-state index in [1.807, 2.05) is 6.92 Å². The first-order valence-electron chi connectivity index (χ1n) is 5.10. The molecular formula is C11H14O4. The van der Waals surface area contributed by atoms with Crippen LogP contribution in [0.5, 0.6) is 0 Å². The van der Waals surface area contributed by atoms with Gasteiger partial charge in [-0.1, -0.05) is 6.92 Å². The van der Waals surface area contributed by atoms with Crippen LogP contribution in [0.2, 0.25) is 0 Å². The third-order valence-corrected chi connectivity index (χ3v) is 3.84. The molecule has 0 amide bonds. The summed E-state index contributed by atoms with van der Waals surface area (Å²) in [4.78, 5) is 35.2. The molecule has 0 heterocycles. The third kappa shape index (κ3) is 1.17. The SMILES string of the molecule is COC(=O)C12CC(=O)C(C)(CCC1=O)C2. The molecule has 0 radical (unpaired) electrons. The molecule has 2 saturated carbocycles. The fourth-order valence-corrected chi connectivity index (χ4v) is 2.82. The lowest BCUT2D eigenvalue weighted by atomic mass is 9.69. The van der Waals surface area contributed by atoms with Gasteiger partial charge in [-0.05, 0) is 12.8 Å². The summed E-state index contributed by atoms with van der Waals surface area (Å²) in [6.45, 7) is 1.84. The highest BCUT2D eigenvalue weighted by Gasteiger charge is 2.62. The van der Waals surface area contributed by atoms with Crippen LogP contribution in [0.4, 0.5) is 0 Å². The molecule has 2 fully saturated rings. The summed E-state index contributed by atoms with van der Waals surface area (Å²) in [6.07, 6.45) is 1.26. The molecule has 15 heavy (non-hydrogen) atoms. The van der Waals surface area contributed by atoms with Crippen molar-refractivity contribution in [2.24, 2.45) is 10.8 Å². The molecule has 2 aliphatic rings. The van der Waals surface area contributed by atoms with Crippen molar-refractivity contribution in [1.82, 2.24) is 0 Å². The number of carbonyl (C=O) groups is 3. The van der Waals surface area contributed by atoms with Crippen molar-refractivity contribution in [1.29, 1.82) is 0 Å². The number of Topliss-reactive ketones (excluding diaryl/α,β-unsaturated/α-hetero) is 2. The zero-order valence-electron chi connectivity index (χ0n) is 8.96. The van der Waals surface area contributed by atoms with E-state index in [-0.39, 0.29) is 18.0 Å². The fraction of sp³-hybridized carbons (Fsp3) is 0.727. The number of rotatable bonds is 1. The molecule has 0 aliphatic heterocycles. The number of carbonyl (C=O) groups excluding carboxylic acids is 3. The van der Waals surface area contributed by atoms with Crippen LogP contribution >= 0.6 is 0 Å². The van der Waals surface area contributed by atoms with E-state index in [1.54, 1.807) is 0 Å². The summed E-state index contributed by atoms with van der Waals surface area (Å²) in [6, 6.07) is 0. The average molecular weight is 210 g/mol. The van der Waals surface area contributed by atoms with Crippen molar-refractivity contribution >= 4 is 17.5 Å². The predicted octanol–water partition coefficient (Wildman–Crippen LogP) is 0.878. The van der Waals surface area contributed by atoms with Gasteiger partial charge in [0.05, 0.1) is 7.11 Å². The van der Waals surface area contributed by atoms with Crippen molar-refractivity contribution in [3.05, 3.63) is 0 Å². The van der Waals surface area contributed by atoms with Crippen LogP contribution in [0.1, 0.15) is 32.6 Å². The molecule has 2 atom stereocenters. The summed E-state index contributed by atoms with van der Waals surface area (Å²) < 4.78 is 4.66. The number of hydrogen-bond acceptors (Lipinski definition) is 4. The van der Waals surface area contributed by atoms with E-state index in [1.165, 1.54) is 7.11 Å².